The molecular formula is C23H27N3O3. The summed E-state index contributed by atoms with van der Waals surface area (Å²) < 4.78 is 11.1. The maximum Gasteiger partial charge on any atom is 0.161 e. The lowest BCUT2D eigenvalue weighted by atomic mass is 10.0. The summed E-state index contributed by atoms with van der Waals surface area (Å²) in [6, 6.07) is 16.1. The zero-order valence-corrected chi connectivity index (χ0v) is 16.8. The van der Waals surface area contributed by atoms with E-state index in [0.29, 0.717) is 24.5 Å². The van der Waals surface area contributed by atoms with Crippen LogP contribution in [0, 0.1) is 0 Å². The molecule has 0 saturated carbocycles. The van der Waals surface area contributed by atoms with Crippen molar-refractivity contribution in [3.63, 3.8) is 0 Å². The van der Waals surface area contributed by atoms with Gasteiger partial charge in [-0.2, -0.15) is 0 Å². The number of anilines is 1. The average molecular weight is 393 g/mol. The number of ether oxygens (including phenoxy) is 2. The van der Waals surface area contributed by atoms with Crippen molar-refractivity contribution < 1.29 is 14.6 Å². The van der Waals surface area contributed by atoms with E-state index >= 15 is 0 Å². The number of hydrogen-bond donors (Lipinski definition) is 2. The highest BCUT2D eigenvalue weighted by molar-refractivity contribution is 5.64. The first-order valence-electron chi connectivity index (χ1n) is 9.80. The fourth-order valence-electron chi connectivity index (χ4n) is 3.05. The number of hydrogen-bond acceptors (Lipinski definition) is 6. The number of nitrogens with zero attached hydrogens (tertiary/aromatic N) is 2. The fraction of sp³-hybridized carbons (Fsp3) is 0.304. The largest absolute Gasteiger partial charge is 0.493 e. The van der Waals surface area contributed by atoms with Crippen LogP contribution in [0.25, 0.3) is 11.3 Å². The number of nitrogens with one attached hydrogen (secondary N) is 1. The van der Waals surface area contributed by atoms with E-state index in [1.54, 1.807) is 19.5 Å². The predicted molar refractivity (Wildman–Crippen MR) is 114 cm³/mol. The van der Waals surface area contributed by atoms with Crippen molar-refractivity contribution in [3.8, 4) is 22.8 Å². The summed E-state index contributed by atoms with van der Waals surface area (Å²) in [6.07, 6.45) is 4.97. The van der Waals surface area contributed by atoms with E-state index in [0.717, 1.165) is 23.5 Å². The Kier molecular flexibility index (Phi) is 7.41. The molecule has 1 heterocycles. The minimum absolute atomic E-state index is 0.0948. The molecule has 0 aliphatic rings. The lowest BCUT2D eigenvalue weighted by Gasteiger charge is -2.18. The molecule has 6 nitrogen and oxygen atoms in total. The molecule has 0 radical (unpaired) electrons. The van der Waals surface area contributed by atoms with Gasteiger partial charge in [0, 0.05) is 18.6 Å². The van der Waals surface area contributed by atoms with Gasteiger partial charge < -0.3 is 19.9 Å². The molecule has 0 fully saturated rings. The second-order valence-electron chi connectivity index (χ2n) is 6.60. The van der Waals surface area contributed by atoms with Crippen molar-refractivity contribution in [1.82, 2.24) is 9.97 Å². The van der Waals surface area contributed by atoms with Crippen molar-refractivity contribution in [2.24, 2.45) is 0 Å². The Morgan fingerprint density at radius 1 is 1.07 bits per heavy atom. The van der Waals surface area contributed by atoms with Gasteiger partial charge in [-0.05, 0) is 30.2 Å². The molecule has 152 valence electrons. The number of aliphatic hydroxyl groups is 1. The first-order valence-corrected chi connectivity index (χ1v) is 9.80. The maximum atomic E-state index is 8.91. The van der Waals surface area contributed by atoms with E-state index < -0.39 is 0 Å². The van der Waals surface area contributed by atoms with Gasteiger partial charge in [0.2, 0.25) is 0 Å². The maximum absolute atomic E-state index is 8.91. The second kappa shape index (κ2) is 10.4. The van der Waals surface area contributed by atoms with E-state index in [-0.39, 0.29) is 12.6 Å². The van der Waals surface area contributed by atoms with Crippen LogP contribution in [-0.2, 0) is 0 Å². The minimum atomic E-state index is 0.0948. The van der Waals surface area contributed by atoms with Gasteiger partial charge in [-0.25, -0.2) is 4.98 Å². The second-order valence-corrected chi connectivity index (χ2v) is 6.60. The molecule has 0 saturated heterocycles. The highest BCUT2D eigenvalue weighted by Crippen LogP contribution is 2.32. The van der Waals surface area contributed by atoms with Gasteiger partial charge >= 0.3 is 0 Å². The Hall–Kier alpha value is -3.12. The number of benzene rings is 2. The van der Waals surface area contributed by atoms with Gasteiger partial charge in [-0.3, -0.25) is 4.98 Å². The highest BCUT2D eigenvalue weighted by atomic mass is 16.5. The number of aliphatic hydroxyl groups excluding tert-OH is 1. The summed E-state index contributed by atoms with van der Waals surface area (Å²) >= 11 is 0. The molecule has 0 spiro atoms. The normalized spacial score (nSPS) is 11.7. The smallest absolute Gasteiger partial charge is 0.161 e. The molecule has 2 N–H and O–H groups in total. The van der Waals surface area contributed by atoms with Crippen LogP contribution in [0.5, 0.6) is 11.5 Å². The Balaban J connectivity index is 1.80. The quantitative estimate of drug-likeness (QED) is 0.495. The molecule has 3 rings (SSSR count). The lowest BCUT2D eigenvalue weighted by molar-refractivity contribution is 0.228. The molecular weight excluding hydrogens is 366 g/mol. The van der Waals surface area contributed by atoms with Crippen LogP contribution in [0.15, 0.2) is 60.9 Å². The third kappa shape index (κ3) is 5.45. The summed E-state index contributed by atoms with van der Waals surface area (Å²) in [6.45, 7) is 2.67. The monoisotopic (exact) mass is 393 g/mol. The zero-order chi connectivity index (χ0) is 20.5. The van der Waals surface area contributed by atoms with E-state index in [1.807, 2.05) is 36.4 Å². The van der Waals surface area contributed by atoms with Crippen molar-refractivity contribution in [2.75, 3.05) is 25.6 Å². The topological polar surface area (TPSA) is 76.5 Å². The van der Waals surface area contributed by atoms with Crippen molar-refractivity contribution >= 4 is 5.82 Å². The molecule has 0 amide bonds. The highest BCUT2D eigenvalue weighted by Gasteiger charge is 2.12. The van der Waals surface area contributed by atoms with Crippen LogP contribution in [0.3, 0.4) is 0 Å². The molecule has 2 aromatic carbocycles. The van der Waals surface area contributed by atoms with E-state index in [2.05, 4.69) is 29.4 Å². The van der Waals surface area contributed by atoms with Gasteiger partial charge in [-0.1, -0.05) is 37.3 Å². The van der Waals surface area contributed by atoms with Crippen LogP contribution < -0.4 is 14.8 Å². The molecule has 3 aromatic rings. The summed E-state index contributed by atoms with van der Waals surface area (Å²) in [5.74, 6) is 1.99. The van der Waals surface area contributed by atoms with Gasteiger partial charge in [0.15, 0.2) is 11.5 Å². The molecule has 0 bridgehead atoms. The third-order valence-electron chi connectivity index (χ3n) is 4.59. The van der Waals surface area contributed by atoms with Crippen molar-refractivity contribution in [3.05, 3.63) is 66.5 Å². The Bertz CT molecular complexity index is 903. The van der Waals surface area contributed by atoms with Crippen LogP contribution >= 0.6 is 0 Å². The lowest BCUT2D eigenvalue weighted by Crippen LogP contribution is -2.11. The van der Waals surface area contributed by atoms with Gasteiger partial charge in [-0.15, -0.1) is 0 Å². The summed E-state index contributed by atoms with van der Waals surface area (Å²) in [5, 5.41) is 12.4. The molecule has 6 heteroatoms. The molecule has 0 aliphatic heterocycles. The Labute approximate surface area is 171 Å². The van der Waals surface area contributed by atoms with Crippen molar-refractivity contribution in [2.45, 2.75) is 25.8 Å². The van der Waals surface area contributed by atoms with Crippen LogP contribution in [-0.4, -0.2) is 35.4 Å². The number of rotatable bonds is 10. The van der Waals surface area contributed by atoms with Gasteiger partial charge in [0.1, 0.15) is 5.82 Å². The van der Waals surface area contributed by atoms with Crippen molar-refractivity contribution in [1.29, 1.82) is 0 Å². The van der Waals surface area contributed by atoms with Crippen LogP contribution in [0.4, 0.5) is 5.82 Å². The number of aromatic nitrogens is 2. The minimum Gasteiger partial charge on any atom is -0.493 e. The summed E-state index contributed by atoms with van der Waals surface area (Å²) in [7, 11) is 1.60. The Morgan fingerprint density at radius 2 is 1.90 bits per heavy atom. The fourth-order valence-corrected chi connectivity index (χ4v) is 3.05. The summed E-state index contributed by atoms with van der Waals surface area (Å²) in [4.78, 5) is 9.09. The molecule has 0 aliphatic carbocycles. The first kappa shape index (κ1) is 20.6. The number of methoxy groups -OCH3 is 1. The average Bonchev–Trinajstić information content (AvgIpc) is 2.78. The predicted octanol–water partition coefficient (Wildman–Crippen LogP) is 4.48. The molecule has 29 heavy (non-hydrogen) atoms. The van der Waals surface area contributed by atoms with Crippen LogP contribution in [0.1, 0.15) is 31.4 Å². The van der Waals surface area contributed by atoms with E-state index in [9.17, 15) is 0 Å². The van der Waals surface area contributed by atoms with Gasteiger partial charge in [0.25, 0.3) is 0 Å². The molecule has 1 unspecified atom stereocenters. The van der Waals surface area contributed by atoms with Crippen LogP contribution in [0.2, 0.25) is 0 Å². The molecule has 1 aromatic heterocycles. The Morgan fingerprint density at radius 3 is 2.62 bits per heavy atom. The van der Waals surface area contributed by atoms with E-state index in [4.69, 9.17) is 19.6 Å². The van der Waals surface area contributed by atoms with Gasteiger partial charge in [0.05, 0.1) is 37.8 Å². The first-order chi connectivity index (χ1) is 14.2. The summed E-state index contributed by atoms with van der Waals surface area (Å²) in [5.41, 5.74) is 2.85. The molecule has 1 atom stereocenters. The third-order valence-corrected chi connectivity index (χ3v) is 4.59. The SMILES string of the molecule is CCC(Nc1cncc(-c2ccc(OCCCO)c(OC)c2)n1)c1ccccc1. The van der Waals surface area contributed by atoms with E-state index in [1.165, 1.54) is 5.56 Å². The zero-order valence-electron chi connectivity index (χ0n) is 16.8. The standard InChI is InChI=1S/C23H27N3O3/c1-3-19(17-8-5-4-6-9-17)25-23-16-24-15-20(26-23)18-10-11-21(22(14-18)28-2)29-13-7-12-27/h4-6,8-11,14-16,19,27H,3,7,12-13H2,1-2H3,(H,25,26).